The van der Waals surface area contributed by atoms with E-state index in [1.165, 1.54) is 11.3 Å². The Balaban J connectivity index is 1.62. The third-order valence-corrected chi connectivity index (χ3v) is 5.38. The Kier molecular flexibility index (Phi) is 5.58. The van der Waals surface area contributed by atoms with Crippen molar-refractivity contribution < 1.29 is 14.3 Å². The van der Waals surface area contributed by atoms with Gasteiger partial charge < -0.3 is 14.4 Å². The summed E-state index contributed by atoms with van der Waals surface area (Å²) in [5.41, 5.74) is 0.819. The van der Waals surface area contributed by atoms with Gasteiger partial charge in [0.05, 0.1) is 17.2 Å². The van der Waals surface area contributed by atoms with Gasteiger partial charge in [0.1, 0.15) is 11.5 Å². The van der Waals surface area contributed by atoms with Crippen LogP contribution < -0.4 is 9.47 Å². The molecule has 0 fully saturated rings. The molecule has 5 nitrogen and oxygen atoms in total. The molecule has 0 bridgehead atoms. The van der Waals surface area contributed by atoms with Gasteiger partial charge in [-0.25, -0.2) is 4.98 Å². The third-order valence-electron chi connectivity index (χ3n) is 4.17. The summed E-state index contributed by atoms with van der Waals surface area (Å²) in [5.74, 6) is 1.49. The summed E-state index contributed by atoms with van der Waals surface area (Å²) >= 11 is 1.51. The number of fused-ring (bicyclic) bond motifs is 1. The SMILES string of the molecule is CCCCc1nc(C)c(C(=O)N(C)CC2COc3ccccc3O2)s1. The fourth-order valence-electron chi connectivity index (χ4n) is 2.80. The second kappa shape index (κ2) is 7.87. The smallest absolute Gasteiger partial charge is 0.265 e. The van der Waals surface area contributed by atoms with Gasteiger partial charge in [-0.1, -0.05) is 25.5 Å². The van der Waals surface area contributed by atoms with Gasteiger partial charge in [-0.3, -0.25) is 4.79 Å². The average Bonchev–Trinajstić information content (AvgIpc) is 2.99. The van der Waals surface area contributed by atoms with Crippen molar-refractivity contribution in [3.63, 3.8) is 0 Å². The molecule has 0 saturated carbocycles. The Labute approximate surface area is 152 Å². The number of unbranched alkanes of at least 4 members (excludes halogenated alkanes) is 1. The number of hydrogen-bond acceptors (Lipinski definition) is 5. The maximum atomic E-state index is 12.8. The van der Waals surface area contributed by atoms with Gasteiger partial charge in [0.25, 0.3) is 5.91 Å². The molecule has 1 aromatic carbocycles. The number of carbonyl (C=O) groups excluding carboxylic acids is 1. The Morgan fingerprint density at radius 2 is 2.12 bits per heavy atom. The number of benzene rings is 1. The predicted molar refractivity (Wildman–Crippen MR) is 98.8 cm³/mol. The van der Waals surface area contributed by atoms with Crippen LogP contribution in [0.3, 0.4) is 0 Å². The second-order valence-electron chi connectivity index (χ2n) is 6.31. The van der Waals surface area contributed by atoms with E-state index in [0.29, 0.717) is 13.2 Å². The molecule has 0 N–H and O–H groups in total. The summed E-state index contributed by atoms with van der Waals surface area (Å²) in [6.07, 6.45) is 3.00. The highest BCUT2D eigenvalue weighted by atomic mass is 32.1. The number of ether oxygens (including phenoxy) is 2. The van der Waals surface area contributed by atoms with E-state index in [1.807, 2.05) is 31.2 Å². The first-order chi connectivity index (χ1) is 12.1. The second-order valence-corrected chi connectivity index (χ2v) is 7.39. The molecule has 134 valence electrons. The fraction of sp³-hybridized carbons (Fsp3) is 0.474. The van der Waals surface area contributed by atoms with Crippen LogP contribution in [0.4, 0.5) is 0 Å². The van der Waals surface area contributed by atoms with Gasteiger partial charge >= 0.3 is 0 Å². The minimum absolute atomic E-state index is 0.000192. The summed E-state index contributed by atoms with van der Waals surface area (Å²) in [7, 11) is 1.80. The van der Waals surface area contributed by atoms with E-state index < -0.39 is 0 Å². The van der Waals surface area contributed by atoms with Crippen LogP contribution in [0.25, 0.3) is 0 Å². The Morgan fingerprint density at radius 1 is 1.36 bits per heavy atom. The van der Waals surface area contributed by atoms with Crippen molar-refractivity contribution in [1.29, 1.82) is 0 Å². The van der Waals surface area contributed by atoms with E-state index in [4.69, 9.17) is 9.47 Å². The standard InChI is InChI=1S/C19H24N2O3S/c1-4-5-10-17-20-13(2)18(25-17)19(22)21(3)11-14-12-23-15-8-6-7-9-16(15)24-14/h6-9,14H,4-5,10-12H2,1-3H3. The molecule has 2 heterocycles. The highest BCUT2D eigenvalue weighted by Crippen LogP contribution is 2.31. The fourth-order valence-corrected chi connectivity index (χ4v) is 3.90. The number of aromatic nitrogens is 1. The first-order valence-corrected chi connectivity index (χ1v) is 9.50. The summed E-state index contributed by atoms with van der Waals surface area (Å²) in [6, 6.07) is 7.61. The molecule has 0 aliphatic carbocycles. The van der Waals surface area contributed by atoms with Crippen molar-refractivity contribution in [2.75, 3.05) is 20.2 Å². The van der Waals surface area contributed by atoms with E-state index in [2.05, 4.69) is 11.9 Å². The molecule has 1 aliphatic heterocycles. The monoisotopic (exact) mass is 360 g/mol. The van der Waals surface area contributed by atoms with E-state index in [-0.39, 0.29) is 12.0 Å². The van der Waals surface area contributed by atoms with Crippen LogP contribution in [0.15, 0.2) is 24.3 Å². The molecule has 6 heteroatoms. The van der Waals surface area contributed by atoms with Gasteiger partial charge in [-0.2, -0.15) is 0 Å². The number of rotatable bonds is 6. The summed E-state index contributed by atoms with van der Waals surface area (Å²) < 4.78 is 11.7. The number of carbonyl (C=O) groups is 1. The molecule has 1 aromatic heterocycles. The first-order valence-electron chi connectivity index (χ1n) is 8.68. The van der Waals surface area contributed by atoms with E-state index >= 15 is 0 Å². The molecule has 0 radical (unpaired) electrons. The summed E-state index contributed by atoms with van der Waals surface area (Å²) in [4.78, 5) is 19.7. The molecule has 0 saturated heterocycles. The van der Waals surface area contributed by atoms with Crippen LogP contribution in [0.5, 0.6) is 11.5 Å². The zero-order valence-corrected chi connectivity index (χ0v) is 15.8. The van der Waals surface area contributed by atoms with E-state index in [0.717, 1.165) is 46.3 Å². The molecule has 0 spiro atoms. The molecule has 25 heavy (non-hydrogen) atoms. The van der Waals surface area contributed by atoms with Crippen molar-refractivity contribution >= 4 is 17.2 Å². The number of thiazole rings is 1. The summed E-state index contributed by atoms with van der Waals surface area (Å²) in [5, 5.41) is 1.04. The Morgan fingerprint density at radius 3 is 2.88 bits per heavy atom. The van der Waals surface area contributed by atoms with Crippen LogP contribution in [-0.4, -0.2) is 42.1 Å². The molecule has 2 aromatic rings. The molecule has 1 atom stereocenters. The minimum atomic E-state index is -0.170. The van der Waals surface area contributed by atoms with Crippen LogP contribution in [0.1, 0.15) is 40.1 Å². The highest BCUT2D eigenvalue weighted by molar-refractivity contribution is 7.13. The Hall–Kier alpha value is -2.08. The average molecular weight is 360 g/mol. The zero-order valence-electron chi connectivity index (χ0n) is 14.9. The molecule has 3 rings (SSSR count). The van der Waals surface area contributed by atoms with Crippen molar-refractivity contribution in [3.05, 3.63) is 39.8 Å². The molecule has 1 amide bonds. The number of amides is 1. The van der Waals surface area contributed by atoms with Crippen LogP contribution in [-0.2, 0) is 6.42 Å². The lowest BCUT2D eigenvalue weighted by Crippen LogP contribution is -2.41. The number of para-hydroxylation sites is 2. The Bertz CT molecular complexity index is 744. The van der Waals surface area contributed by atoms with Gasteiger partial charge in [0.2, 0.25) is 0 Å². The lowest BCUT2D eigenvalue weighted by atomic mass is 10.2. The largest absolute Gasteiger partial charge is 0.486 e. The maximum Gasteiger partial charge on any atom is 0.265 e. The van der Waals surface area contributed by atoms with Gasteiger partial charge in [-0.15, -0.1) is 11.3 Å². The minimum Gasteiger partial charge on any atom is -0.486 e. The highest BCUT2D eigenvalue weighted by Gasteiger charge is 2.26. The van der Waals surface area contributed by atoms with E-state index in [9.17, 15) is 4.79 Å². The number of nitrogens with zero attached hydrogens (tertiary/aromatic N) is 2. The van der Waals surface area contributed by atoms with Gasteiger partial charge in [0, 0.05) is 7.05 Å². The first kappa shape index (κ1) is 17.7. The van der Waals surface area contributed by atoms with Crippen molar-refractivity contribution in [2.45, 2.75) is 39.2 Å². The van der Waals surface area contributed by atoms with Crippen LogP contribution in [0, 0.1) is 6.92 Å². The molecule has 1 aliphatic rings. The van der Waals surface area contributed by atoms with Crippen molar-refractivity contribution in [3.8, 4) is 11.5 Å². The molecular weight excluding hydrogens is 336 g/mol. The molecular formula is C19H24N2O3S. The lowest BCUT2D eigenvalue weighted by Gasteiger charge is -2.29. The molecule has 1 unspecified atom stereocenters. The van der Waals surface area contributed by atoms with Crippen LogP contribution in [0.2, 0.25) is 0 Å². The predicted octanol–water partition coefficient (Wildman–Crippen LogP) is 3.71. The van der Waals surface area contributed by atoms with E-state index in [1.54, 1.807) is 11.9 Å². The van der Waals surface area contributed by atoms with Crippen molar-refractivity contribution in [1.82, 2.24) is 9.88 Å². The number of hydrogen-bond donors (Lipinski definition) is 0. The normalized spacial score (nSPS) is 15.9. The lowest BCUT2D eigenvalue weighted by molar-refractivity contribution is 0.0523. The van der Waals surface area contributed by atoms with Crippen molar-refractivity contribution in [2.24, 2.45) is 0 Å². The number of aryl methyl sites for hydroxylation is 2. The van der Waals surface area contributed by atoms with Crippen LogP contribution >= 0.6 is 11.3 Å². The third kappa shape index (κ3) is 4.12. The number of likely N-dealkylation sites (N-methyl/N-ethyl adjacent to an activating group) is 1. The van der Waals surface area contributed by atoms with Gasteiger partial charge in [-0.05, 0) is 31.9 Å². The van der Waals surface area contributed by atoms with Gasteiger partial charge in [0.15, 0.2) is 17.6 Å². The zero-order chi connectivity index (χ0) is 17.8. The summed E-state index contributed by atoms with van der Waals surface area (Å²) in [6.45, 7) is 4.99. The quantitative estimate of drug-likeness (QED) is 0.788. The topological polar surface area (TPSA) is 51.7 Å². The maximum absolute atomic E-state index is 12.8.